The lowest BCUT2D eigenvalue weighted by atomic mass is 10.2. The number of nitrogens with two attached hydrogens (primary N) is 1. The van der Waals surface area contributed by atoms with E-state index in [0.717, 1.165) is 28.8 Å². The fraction of sp³-hybridized carbons (Fsp3) is 0.300. The number of nitrogens with one attached hydrogen (secondary N) is 2. The highest BCUT2D eigenvalue weighted by molar-refractivity contribution is 5.74. The molecule has 29 heavy (non-hydrogen) atoms. The number of fused-ring (bicyclic) bond motifs is 1. The zero-order valence-corrected chi connectivity index (χ0v) is 15.9. The number of nitrogen functional groups attached to an aromatic ring is 1. The first-order valence-electron chi connectivity index (χ1n) is 9.55. The van der Waals surface area contributed by atoms with Crippen molar-refractivity contribution >= 4 is 22.8 Å². The van der Waals surface area contributed by atoms with E-state index in [1.165, 1.54) is 0 Å². The fourth-order valence-corrected chi connectivity index (χ4v) is 3.41. The first-order chi connectivity index (χ1) is 14.1. The maximum Gasteiger partial charge on any atom is 0.227 e. The average Bonchev–Trinajstić information content (AvgIpc) is 3.12. The molecule has 4 heterocycles. The zero-order chi connectivity index (χ0) is 20.0. The van der Waals surface area contributed by atoms with Crippen LogP contribution >= 0.6 is 0 Å². The van der Waals surface area contributed by atoms with Crippen LogP contribution in [0, 0.1) is 0 Å². The number of H-pyrrole nitrogens is 2. The van der Waals surface area contributed by atoms with Crippen molar-refractivity contribution in [3.63, 3.8) is 0 Å². The topological polar surface area (TPSA) is 112 Å². The van der Waals surface area contributed by atoms with E-state index in [1.54, 1.807) is 6.20 Å². The molecule has 2 atom stereocenters. The molecule has 1 fully saturated rings. The van der Waals surface area contributed by atoms with E-state index in [-0.39, 0.29) is 5.92 Å². The van der Waals surface area contributed by atoms with Crippen LogP contribution in [0.3, 0.4) is 0 Å². The molecule has 5 rings (SSSR count). The molecule has 4 aromatic heterocycles. The molecule has 148 valence electrons. The van der Waals surface area contributed by atoms with Crippen molar-refractivity contribution in [2.24, 2.45) is 0 Å². The molecule has 0 radical (unpaired) electrons. The van der Waals surface area contributed by atoms with Gasteiger partial charge in [-0.3, -0.25) is 10.1 Å². The van der Waals surface area contributed by atoms with Crippen LogP contribution in [-0.2, 0) is 6.42 Å². The molecule has 4 N–H and O–H groups in total. The van der Waals surface area contributed by atoms with E-state index in [0.29, 0.717) is 36.0 Å². The largest absolute Gasteiger partial charge is 0.383 e. The zero-order valence-electron chi connectivity index (χ0n) is 15.9. The number of halogens is 1. The van der Waals surface area contributed by atoms with Crippen LogP contribution in [0.2, 0.25) is 0 Å². The molecule has 1 aliphatic rings. The Bertz CT molecular complexity index is 1170. The quantitative estimate of drug-likeness (QED) is 0.465. The molecule has 1 aliphatic carbocycles. The third-order valence-electron chi connectivity index (χ3n) is 5.30. The van der Waals surface area contributed by atoms with Crippen molar-refractivity contribution < 1.29 is 4.39 Å². The predicted molar refractivity (Wildman–Crippen MR) is 109 cm³/mol. The normalized spacial score (nSPS) is 18.3. The van der Waals surface area contributed by atoms with Gasteiger partial charge >= 0.3 is 0 Å². The summed E-state index contributed by atoms with van der Waals surface area (Å²) in [6.07, 6.45) is 4.08. The van der Waals surface area contributed by atoms with Gasteiger partial charge in [0.2, 0.25) is 5.95 Å². The number of alkyl halides is 1. The van der Waals surface area contributed by atoms with E-state index in [9.17, 15) is 4.39 Å². The predicted octanol–water partition coefficient (Wildman–Crippen LogP) is 2.83. The molecule has 0 aliphatic heterocycles. The summed E-state index contributed by atoms with van der Waals surface area (Å²) >= 11 is 0. The van der Waals surface area contributed by atoms with Crippen molar-refractivity contribution in [1.29, 1.82) is 0 Å². The Hall–Kier alpha value is -3.49. The molecule has 1 saturated carbocycles. The summed E-state index contributed by atoms with van der Waals surface area (Å²) in [5, 5.41) is 7.13. The van der Waals surface area contributed by atoms with E-state index >= 15 is 0 Å². The van der Waals surface area contributed by atoms with Crippen molar-refractivity contribution in [3.05, 3.63) is 48.0 Å². The summed E-state index contributed by atoms with van der Waals surface area (Å²) in [7, 11) is 1.92. The minimum absolute atomic E-state index is 0.0807. The monoisotopic (exact) mass is 392 g/mol. The molecule has 0 amide bonds. The number of nitrogens with zero attached hydrogens (tertiary/aromatic N) is 5. The van der Waals surface area contributed by atoms with Gasteiger partial charge in [-0.05, 0) is 30.7 Å². The molecular formula is C20H21FN8. The highest BCUT2D eigenvalue weighted by Crippen LogP contribution is 2.43. The fourth-order valence-electron chi connectivity index (χ4n) is 3.41. The van der Waals surface area contributed by atoms with Gasteiger partial charge in [0.25, 0.3) is 0 Å². The maximum absolute atomic E-state index is 13.2. The lowest BCUT2D eigenvalue weighted by molar-refractivity contribution is 0.466. The molecular weight excluding hydrogens is 371 g/mol. The molecule has 0 spiro atoms. The van der Waals surface area contributed by atoms with E-state index in [2.05, 4.69) is 30.1 Å². The van der Waals surface area contributed by atoms with E-state index in [4.69, 9.17) is 5.73 Å². The summed E-state index contributed by atoms with van der Waals surface area (Å²) in [5.41, 5.74) is 11.2. The maximum atomic E-state index is 13.2. The molecule has 0 saturated heterocycles. The molecule has 0 aromatic carbocycles. The first-order valence-corrected chi connectivity index (χ1v) is 9.55. The van der Waals surface area contributed by atoms with Crippen LogP contribution < -0.4 is 10.6 Å². The van der Waals surface area contributed by atoms with Gasteiger partial charge in [0.15, 0.2) is 0 Å². The molecule has 0 unspecified atom stereocenters. The van der Waals surface area contributed by atoms with Gasteiger partial charge in [-0.25, -0.2) is 9.37 Å². The number of aromatic nitrogens is 6. The number of hydrogen-bond donors (Lipinski definition) is 3. The van der Waals surface area contributed by atoms with Crippen LogP contribution in [0.25, 0.3) is 22.3 Å². The SMILES string of the molecule is CN(CCc1ccc2[nH]ccc2n1)c1ncc(-c2cc([C@H]3C[C@H]3F)[nH]n2)c(N)n1. The van der Waals surface area contributed by atoms with Crippen molar-refractivity contribution in [2.45, 2.75) is 24.9 Å². The Labute approximate surface area is 166 Å². The van der Waals surface area contributed by atoms with Crippen LogP contribution in [0.15, 0.2) is 36.7 Å². The van der Waals surface area contributed by atoms with Crippen LogP contribution in [0.4, 0.5) is 16.2 Å². The number of hydrogen-bond acceptors (Lipinski definition) is 6. The first kappa shape index (κ1) is 17.6. The summed E-state index contributed by atoms with van der Waals surface area (Å²) in [6, 6.07) is 7.84. The summed E-state index contributed by atoms with van der Waals surface area (Å²) in [5.74, 6) is 0.804. The Morgan fingerprint density at radius 2 is 2.14 bits per heavy atom. The van der Waals surface area contributed by atoms with Gasteiger partial charge in [-0.15, -0.1) is 0 Å². The Balaban J connectivity index is 1.28. The minimum Gasteiger partial charge on any atom is -0.383 e. The van der Waals surface area contributed by atoms with Gasteiger partial charge in [0.1, 0.15) is 12.0 Å². The van der Waals surface area contributed by atoms with Crippen LogP contribution in [0.1, 0.15) is 23.7 Å². The average molecular weight is 392 g/mol. The third kappa shape index (κ3) is 3.39. The van der Waals surface area contributed by atoms with E-state index in [1.807, 2.05) is 42.4 Å². The molecule has 8 nitrogen and oxygen atoms in total. The van der Waals surface area contributed by atoms with Crippen molar-refractivity contribution in [3.8, 4) is 11.3 Å². The van der Waals surface area contributed by atoms with Crippen LogP contribution in [-0.4, -0.2) is 49.9 Å². The number of rotatable bonds is 6. The number of likely N-dealkylation sites (N-methyl/N-ethyl adjacent to an activating group) is 1. The van der Waals surface area contributed by atoms with Crippen molar-refractivity contribution in [1.82, 2.24) is 30.1 Å². The Kier molecular flexibility index (Phi) is 4.15. The smallest absolute Gasteiger partial charge is 0.227 e. The highest BCUT2D eigenvalue weighted by Gasteiger charge is 2.40. The number of aromatic amines is 2. The minimum atomic E-state index is -0.777. The number of anilines is 2. The second-order valence-corrected chi connectivity index (χ2v) is 7.42. The molecule has 0 bridgehead atoms. The molecule has 9 heteroatoms. The lowest BCUT2D eigenvalue weighted by Gasteiger charge is -2.17. The standard InChI is InChI=1S/C20H21FN8/c1-29(7-5-11-2-3-15-16(25-11)4-6-23-15)20-24-10-13(19(22)26-20)18-9-17(27-28-18)12-8-14(12)21/h2-4,6,9-10,12,14,23H,5,7-8H2,1H3,(H,27,28)(H2,22,24,26)/t12-,14+/m0/s1. The lowest BCUT2D eigenvalue weighted by Crippen LogP contribution is -2.23. The van der Waals surface area contributed by atoms with Gasteiger partial charge in [0.05, 0.1) is 22.3 Å². The third-order valence-corrected chi connectivity index (χ3v) is 5.30. The van der Waals surface area contributed by atoms with Gasteiger partial charge in [0, 0.05) is 49.7 Å². The van der Waals surface area contributed by atoms with Crippen LogP contribution in [0.5, 0.6) is 0 Å². The van der Waals surface area contributed by atoms with Gasteiger partial charge in [-0.1, -0.05) is 0 Å². The summed E-state index contributed by atoms with van der Waals surface area (Å²) in [4.78, 5) is 18.6. The van der Waals surface area contributed by atoms with E-state index < -0.39 is 6.17 Å². The highest BCUT2D eigenvalue weighted by atomic mass is 19.1. The molecule has 4 aromatic rings. The summed E-state index contributed by atoms with van der Waals surface area (Å²) in [6.45, 7) is 0.702. The second-order valence-electron chi connectivity index (χ2n) is 7.42. The van der Waals surface area contributed by atoms with Gasteiger partial charge < -0.3 is 15.6 Å². The number of pyridine rings is 1. The Morgan fingerprint density at radius 1 is 1.28 bits per heavy atom. The van der Waals surface area contributed by atoms with Crippen molar-refractivity contribution in [2.75, 3.05) is 24.2 Å². The van der Waals surface area contributed by atoms with Gasteiger partial charge in [-0.2, -0.15) is 10.1 Å². The Morgan fingerprint density at radius 3 is 2.93 bits per heavy atom. The second kappa shape index (κ2) is 6.84. The summed E-state index contributed by atoms with van der Waals surface area (Å²) < 4.78 is 13.2.